The highest BCUT2D eigenvalue weighted by molar-refractivity contribution is 5.93. The molecule has 0 heterocycles. The second kappa shape index (κ2) is 20.3. The van der Waals surface area contributed by atoms with Crippen LogP contribution in [-0.4, -0.2) is 84.9 Å². The molecule has 0 aliphatic rings. The Balaban J connectivity index is 1.59. The van der Waals surface area contributed by atoms with Gasteiger partial charge in [0.15, 0.2) is 0 Å². The molecule has 0 aliphatic heterocycles. The molecule has 0 unspecified atom stereocenters. The third-order valence-electron chi connectivity index (χ3n) is 7.74. The zero-order valence-electron chi connectivity index (χ0n) is 28.5. The van der Waals surface area contributed by atoms with E-state index >= 15 is 0 Å². The van der Waals surface area contributed by atoms with Gasteiger partial charge in [0.25, 0.3) is 0 Å². The number of carbonyl (C=O) groups is 5. The van der Waals surface area contributed by atoms with E-state index < -0.39 is 42.2 Å². The number of aliphatic carboxylic acids is 1. The quantitative estimate of drug-likeness (QED) is 0.106. The maximum atomic E-state index is 13.3. The van der Waals surface area contributed by atoms with Crippen molar-refractivity contribution in [2.24, 2.45) is 0 Å². The van der Waals surface area contributed by atoms with E-state index in [0.29, 0.717) is 13.1 Å². The number of carboxylic acids is 1. The first kappa shape index (κ1) is 38.4. The summed E-state index contributed by atoms with van der Waals surface area (Å²) in [6, 6.07) is 22.3. The number of likely N-dealkylation sites (N-methyl/N-ethyl adjacent to an activating group) is 1. The number of carboxylic acid groups (broad SMARTS) is 1. The fourth-order valence-electron chi connectivity index (χ4n) is 5.29. The molecule has 0 radical (unpaired) electrons. The highest BCUT2D eigenvalue weighted by Crippen LogP contribution is 2.20. The molecule has 262 valence electrons. The van der Waals surface area contributed by atoms with E-state index in [-0.39, 0.29) is 18.9 Å². The Kier molecular flexibility index (Phi) is 15.9. The topological polar surface area (TPSA) is 169 Å². The van der Waals surface area contributed by atoms with Crippen LogP contribution in [0.2, 0.25) is 0 Å². The van der Waals surface area contributed by atoms with Crippen LogP contribution in [0.1, 0.15) is 43.4 Å². The van der Waals surface area contributed by atoms with Crippen molar-refractivity contribution < 1.29 is 29.1 Å². The molecule has 3 rings (SSSR count). The number of amides is 4. The molecule has 2 atom stereocenters. The highest BCUT2D eigenvalue weighted by atomic mass is 16.4. The van der Waals surface area contributed by atoms with Crippen molar-refractivity contribution in [3.8, 4) is 11.1 Å². The average molecular weight is 673 g/mol. The van der Waals surface area contributed by atoms with Gasteiger partial charge in [0, 0.05) is 39.5 Å². The maximum absolute atomic E-state index is 13.3. The van der Waals surface area contributed by atoms with Gasteiger partial charge in [-0.25, -0.2) is 0 Å². The summed E-state index contributed by atoms with van der Waals surface area (Å²) >= 11 is 0. The second-order valence-electron chi connectivity index (χ2n) is 11.9. The molecule has 0 saturated heterocycles. The van der Waals surface area contributed by atoms with Crippen molar-refractivity contribution in [2.75, 3.05) is 33.2 Å². The number of hydrogen-bond acceptors (Lipinski definition) is 7. The van der Waals surface area contributed by atoms with E-state index in [4.69, 9.17) is 0 Å². The Bertz CT molecular complexity index is 1530. The molecule has 0 saturated carbocycles. The summed E-state index contributed by atoms with van der Waals surface area (Å²) in [5.41, 5.74) is 4.38. The van der Waals surface area contributed by atoms with Gasteiger partial charge in [-0.3, -0.25) is 28.9 Å². The van der Waals surface area contributed by atoms with Crippen LogP contribution in [0.4, 0.5) is 0 Å². The number of nitrogens with one attached hydrogen (secondary N) is 5. The SMILES string of the molecule is CCCN(CCNC)CC(=O)NCc1cccc(CNC(=O)[C@H](CC(=O)O)NC(=O)[C@H](Cc2ccc(-c3ccccc3)cc2)NC(C)=O)c1. The molecule has 3 aromatic rings. The molecule has 6 N–H and O–H groups in total. The maximum Gasteiger partial charge on any atom is 0.305 e. The van der Waals surface area contributed by atoms with Crippen molar-refractivity contribution >= 4 is 29.6 Å². The van der Waals surface area contributed by atoms with Gasteiger partial charge in [0.2, 0.25) is 23.6 Å². The van der Waals surface area contributed by atoms with Gasteiger partial charge in [-0.1, -0.05) is 85.8 Å². The number of carbonyl (C=O) groups excluding carboxylic acids is 4. The van der Waals surface area contributed by atoms with E-state index in [9.17, 15) is 29.1 Å². The van der Waals surface area contributed by atoms with Gasteiger partial charge in [0.05, 0.1) is 13.0 Å². The lowest BCUT2D eigenvalue weighted by Gasteiger charge is -2.22. The summed E-state index contributed by atoms with van der Waals surface area (Å²) in [6.45, 7) is 6.42. The first-order valence-corrected chi connectivity index (χ1v) is 16.5. The largest absolute Gasteiger partial charge is 0.481 e. The fraction of sp³-hybridized carbons (Fsp3) is 0.378. The normalized spacial score (nSPS) is 12.1. The number of hydrogen-bond donors (Lipinski definition) is 6. The minimum absolute atomic E-state index is 0.0732. The van der Waals surface area contributed by atoms with Crippen LogP contribution in [0.15, 0.2) is 78.9 Å². The standard InChI is InChI=1S/C37H48N6O6/c1-4-18-43(19-17-38-3)25-34(45)39-23-28-9-8-10-29(20-28)24-40-36(48)33(22-35(46)47)42-37(49)32(41-26(2)44)21-27-13-15-31(16-14-27)30-11-6-5-7-12-30/h5-16,20,32-33,38H,4,17-19,21-25H2,1-3H3,(H,39,45)(H,40,48)(H,41,44)(H,42,49)(H,46,47)/t32-,33-/m0/s1. The van der Waals surface area contributed by atoms with Crippen LogP contribution in [0.5, 0.6) is 0 Å². The van der Waals surface area contributed by atoms with Gasteiger partial charge in [0.1, 0.15) is 12.1 Å². The van der Waals surface area contributed by atoms with Gasteiger partial charge in [-0.15, -0.1) is 0 Å². The van der Waals surface area contributed by atoms with E-state index in [1.807, 2.05) is 73.8 Å². The number of rotatable bonds is 20. The first-order valence-electron chi connectivity index (χ1n) is 16.5. The number of nitrogens with zero attached hydrogens (tertiary/aromatic N) is 1. The predicted molar refractivity (Wildman–Crippen MR) is 188 cm³/mol. The van der Waals surface area contributed by atoms with E-state index in [2.05, 4.69) is 38.4 Å². The van der Waals surface area contributed by atoms with Gasteiger partial charge >= 0.3 is 5.97 Å². The smallest absolute Gasteiger partial charge is 0.305 e. The third-order valence-corrected chi connectivity index (χ3v) is 7.74. The molecule has 0 aromatic heterocycles. The van der Waals surface area contributed by atoms with Gasteiger partial charge < -0.3 is 31.7 Å². The van der Waals surface area contributed by atoms with E-state index in [1.165, 1.54) is 6.92 Å². The van der Waals surface area contributed by atoms with Crippen molar-refractivity contribution in [3.05, 3.63) is 95.6 Å². The zero-order valence-corrected chi connectivity index (χ0v) is 28.5. The predicted octanol–water partition coefficient (Wildman–Crippen LogP) is 2.22. The lowest BCUT2D eigenvalue weighted by Crippen LogP contribution is -2.54. The number of benzene rings is 3. The third kappa shape index (κ3) is 13.9. The summed E-state index contributed by atoms with van der Waals surface area (Å²) in [6.07, 6.45) is 0.436. The monoisotopic (exact) mass is 672 g/mol. The van der Waals surface area contributed by atoms with Crippen molar-refractivity contribution in [1.29, 1.82) is 0 Å². The molecular weight excluding hydrogens is 624 g/mol. The van der Waals surface area contributed by atoms with Crippen molar-refractivity contribution in [2.45, 2.75) is 58.3 Å². The summed E-state index contributed by atoms with van der Waals surface area (Å²) < 4.78 is 0. The Morgan fingerprint density at radius 2 is 1.39 bits per heavy atom. The van der Waals surface area contributed by atoms with E-state index in [0.717, 1.165) is 53.9 Å². The molecule has 12 nitrogen and oxygen atoms in total. The molecule has 0 bridgehead atoms. The lowest BCUT2D eigenvalue weighted by atomic mass is 10.00. The molecule has 0 aliphatic carbocycles. The fourth-order valence-corrected chi connectivity index (χ4v) is 5.29. The van der Waals surface area contributed by atoms with Gasteiger partial charge in [-0.2, -0.15) is 0 Å². The van der Waals surface area contributed by atoms with E-state index in [1.54, 1.807) is 12.1 Å². The molecular formula is C37H48N6O6. The summed E-state index contributed by atoms with van der Waals surface area (Å²) in [4.78, 5) is 64.7. The minimum atomic E-state index is -1.38. The molecule has 4 amide bonds. The Morgan fingerprint density at radius 1 is 0.735 bits per heavy atom. The van der Waals surface area contributed by atoms with Crippen molar-refractivity contribution in [1.82, 2.24) is 31.5 Å². The van der Waals surface area contributed by atoms with Crippen LogP contribution in [0.25, 0.3) is 11.1 Å². The highest BCUT2D eigenvalue weighted by Gasteiger charge is 2.28. The average Bonchev–Trinajstić information content (AvgIpc) is 3.08. The summed E-state index contributed by atoms with van der Waals surface area (Å²) in [7, 11) is 1.87. The summed E-state index contributed by atoms with van der Waals surface area (Å²) in [5.74, 6) is -3.15. The van der Waals surface area contributed by atoms with Gasteiger partial charge in [-0.05, 0) is 47.8 Å². The van der Waals surface area contributed by atoms with Crippen LogP contribution in [-0.2, 0) is 43.5 Å². The second-order valence-corrected chi connectivity index (χ2v) is 11.9. The summed E-state index contributed by atoms with van der Waals surface area (Å²) in [5, 5.41) is 23.4. The first-order chi connectivity index (χ1) is 23.6. The Hall–Kier alpha value is -5.07. The Morgan fingerprint density at radius 3 is 2.00 bits per heavy atom. The lowest BCUT2D eigenvalue weighted by molar-refractivity contribution is -0.141. The van der Waals surface area contributed by atoms with Crippen LogP contribution < -0.4 is 26.6 Å². The Labute approximate surface area is 288 Å². The molecule has 49 heavy (non-hydrogen) atoms. The zero-order chi connectivity index (χ0) is 35.6. The van der Waals surface area contributed by atoms with Crippen LogP contribution >= 0.6 is 0 Å². The van der Waals surface area contributed by atoms with Crippen LogP contribution in [0.3, 0.4) is 0 Å². The molecule has 12 heteroatoms. The van der Waals surface area contributed by atoms with Crippen molar-refractivity contribution in [3.63, 3.8) is 0 Å². The minimum Gasteiger partial charge on any atom is -0.481 e. The van der Waals surface area contributed by atoms with Crippen LogP contribution in [0, 0.1) is 0 Å². The molecule has 3 aromatic carbocycles. The molecule has 0 fully saturated rings. The molecule has 0 spiro atoms.